The first kappa shape index (κ1) is 14.9. The van der Waals surface area contributed by atoms with Crippen LogP contribution >= 0.6 is 0 Å². The Morgan fingerprint density at radius 1 is 1.24 bits per heavy atom. The fourth-order valence-corrected chi connectivity index (χ4v) is 2.03. The van der Waals surface area contributed by atoms with E-state index in [-0.39, 0.29) is 10.5 Å². The Morgan fingerprint density at radius 2 is 1.86 bits per heavy atom. The molecule has 0 spiro atoms. The van der Waals surface area contributed by atoms with Gasteiger partial charge in [-0.3, -0.25) is 4.79 Å². The summed E-state index contributed by atoms with van der Waals surface area (Å²) in [6.07, 6.45) is 1.47. The van der Waals surface area contributed by atoms with Crippen LogP contribution < -0.4 is 17.1 Å². The molecule has 0 saturated carbocycles. The van der Waals surface area contributed by atoms with Crippen LogP contribution in [-0.2, 0) is 5.92 Å². The van der Waals surface area contributed by atoms with Crippen molar-refractivity contribution in [2.75, 3.05) is 5.84 Å². The molecule has 112 valence electrons. The molecule has 2 aromatic rings. The van der Waals surface area contributed by atoms with Crippen LogP contribution in [0.25, 0.3) is 5.82 Å². The average Bonchev–Trinajstić information content (AvgIpc) is 2.35. The third kappa shape index (κ3) is 2.56. The first-order valence-electron chi connectivity index (χ1n) is 6.09. The van der Waals surface area contributed by atoms with E-state index >= 15 is 0 Å². The van der Waals surface area contributed by atoms with Gasteiger partial charge >= 0.3 is 5.69 Å². The number of rotatable bonds is 2. The smallest absolute Gasteiger partial charge is 0.335 e. The number of aromatic nitrogens is 3. The predicted octanol–water partition coefficient (Wildman–Crippen LogP) is 0.837. The van der Waals surface area contributed by atoms with E-state index in [1.807, 2.05) is 0 Å². The fourth-order valence-electron chi connectivity index (χ4n) is 2.03. The number of nitrogen functional groups attached to an aromatic ring is 1. The van der Waals surface area contributed by atoms with Crippen LogP contribution in [0.3, 0.4) is 0 Å². The number of pyridine rings is 1. The molecule has 0 aromatic carbocycles. The van der Waals surface area contributed by atoms with Crippen LogP contribution in [0.15, 0.2) is 27.9 Å². The molecule has 0 fully saturated rings. The van der Waals surface area contributed by atoms with Gasteiger partial charge in [-0.2, -0.15) is 8.78 Å². The van der Waals surface area contributed by atoms with Crippen LogP contribution in [0.4, 0.5) is 8.78 Å². The summed E-state index contributed by atoms with van der Waals surface area (Å²) in [4.78, 5) is 28.1. The third-order valence-corrected chi connectivity index (χ3v) is 2.99. The molecule has 2 N–H and O–H groups in total. The first-order valence-corrected chi connectivity index (χ1v) is 6.09. The molecule has 0 atom stereocenters. The molecule has 0 aliphatic carbocycles. The van der Waals surface area contributed by atoms with Gasteiger partial charge in [-0.05, 0) is 25.0 Å². The number of hydrogen-bond acceptors (Lipinski definition) is 4. The van der Waals surface area contributed by atoms with Gasteiger partial charge in [0.05, 0.1) is 0 Å². The maximum atomic E-state index is 13.3. The van der Waals surface area contributed by atoms with E-state index in [0.717, 1.165) is 5.56 Å². The zero-order chi connectivity index (χ0) is 15.9. The highest BCUT2D eigenvalue weighted by Gasteiger charge is 2.30. The Bertz CT molecular complexity index is 818. The molecule has 0 bridgehead atoms. The van der Waals surface area contributed by atoms with Gasteiger partial charge < -0.3 is 5.84 Å². The summed E-state index contributed by atoms with van der Waals surface area (Å²) in [5, 5.41) is 0. The van der Waals surface area contributed by atoms with E-state index in [9.17, 15) is 18.4 Å². The standard InChI is InChI=1S/C13H14F2N4O2/c1-7-4-8(2)11(17-6-7)18-10(20)5-9(13(3,14)15)19(16)12(18)21/h4-6H,16H2,1-3H3. The topological polar surface area (TPSA) is 82.9 Å². The van der Waals surface area contributed by atoms with Crippen molar-refractivity contribution in [2.45, 2.75) is 26.7 Å². The summed E-state index contributed by atoms with van der Waals surface area (Å²) in [5.74, 6) is 2.06. The van der Waals surface area contributed by atoms with Crippen molar-refractivity contribution in [3.63, 3.8) is 0 Å². The molecular formula is C13H14F2N4O2. The maximum Gasteiger partial charge on any atom is 0.355 e. The Morgan fingerprint density at radius 3 is 2.38 bits per heavy atom. The van der Waals surface area contributed by atoms with Crippen molar-refractivity contribution in [3.05, 3.63) is 56.0 Å². The van der Waals surface area contributed by atoms with Gasteiger partial charge in [-0.15, -0.1) is 0 Å². The highest BCUT2D eigenvalue weighted by Crippen LogP contribution is 2.23. The lowest BCUT2D eigenvalue weighted by Gasteiger charge is -2.16. The minimum Gasteiger partial charge on any atom is -0.335 e. The van der Waals surface area contributed by atoms with E-state index in [0.29, 0.717) is 23.1 Å². The van der Waals surface area contributed by atoms with E-state index in [4.69, 9.17) is 5.84 Å². The lowest BCUT2D eigenvalue weighted by molar-refractivity contribution is 0.00895. The summed E-state index contributed by atoms with van der Waals surface area (Å²) >= 11 is 0. The Hall–Kier alpha value is -2.51. The lowest BCUT2D eigenvalue weighted by Crippen LogP contribution is -2.45. The van der Waals surface area contributed by atoms with Crippen molar-refractivity contribution < 1.29 is 8.78 Å². The molecule has 8 heteroatoms. The van der Waals surface area contributed by atoms with Crippen LogP contribution in [0.5, 0.6) is 0 Å². The van der Waals surface area contributed by atoms with Gasteiger partial charge in [0.15, 0.2) is 0 Å². The first-order chi connectivity index (χ1) is 9.62. The van der Waals surface area contributed by atoms with Gasteiger partial charge in [0.25, 0.3) is 11.5 Å². The Balaban J connectivity index is 2.82. The largest absolute Gasteiger partial charge is 0.355 e. The third-order valence-electron chi connectivity index (χ3n) is 2.99. The zero-order valence-electron chi connectivity index (χ0n) is 11.7. The van der Waals surface area contributed by atoms with Crippen LogP contribution in [0.1, 0.15) is 23.7 Å². The second-order valence-electron chi connectivity index (χ2n) is 4.90. The second kappa shape index (κ2) is 4.80. The van der Waals surface area contributed by atoms with Crippen molar-refractivity contribution in [1.29, 1.82) is 0 Å². The monoisotopic (exact) mass is 296 g/mol. The minimum absolute atomic E-state index is 0.0702. The van der Waals surface area contributed by atoms with E-state index in [2.05, 4.69) is 4.98 Å². The number of hydrogen-bond donors (Lipinski definition) is 1. The summed E-state index contributed by atoms with van der Waals surface area (Å²) < 4.78 is 27.6. The number of nitrogens with zero attached hydrogens (tertiary/aromatic N) is 3. The van der Waals surface area contributed by atoms with Gasteiger partial charge in [0.1, 0.15) is 11.5 Å². The quantitative estimate of drug-likeness (QED) is 0.832. The van der Waals surface area contributed by atoms with Crippen molar-refractivity contribution in [3.8, 4) is 5.82 Å². The molecule has 0 aliphatic heterocycles. The highest BCUT2D eigenvalue weighted by atomic mass is 19.3. The zero-order valence-corrected chi connectivity index (χ0v) is 11.7. The second-order valence-corrected chi connectivity index (χ2v) is 4.90. The summed E-state index contributed by atoms with van der Waals surface area (Å²) in [5.41, 5.74) is -1.42. The summed E-state index contributed by atoms with van der Waals surface area (Å²) in [6, 6.07) is 2.36. The molecule has 2 rings (SSSR count). The normalized spacial score (nSPS) is 11.7. The predicted molar refractivity (Wildman–Crippen MR) is 73.3 cm³/mol. The lowest BCUT2D eigenvalue weighted by atomic mass is 10.2. The van der Waals surface area contributed by atoms with E-state index in [1.165, 1.54) is 6.20 Å². The maximum absolute atomic E-state index is 13.3. The van der Waals surface area contributed by atoms with E-state index < -0.39 is 22.9 Å². The average molecular weight is 296 g/mol. The molecule has 6 nitrogen and oxygen atoms in total. The highest BCUT2D eigenvalue weighted by molar-refractivity contribution is 5.35. The number of halogens is 2. The molecule has 0 unspecified atom stereocenters. The summed E-state index contributed by atoms with van der Waals surface area (Å²) in [6.45, 7) is 4.02. The number of aryl methyl sites for hydroxylation is 2. The Kier molecular flexibility index (Phi) is 3.40. The van der Waals surface area contributed by atoms with E-state index in [1.54, 1.807) is 19.9 Å². The van der Waals surface area contributed by atoms with Gasteiger partial charge in [-0.25, -0.2) is 19.0 Å². The minimum atomic E-state index is -3.40. The molecule has 0 amide bonds. The molecule has 0 aliphatic rings. The molecule has 2 heterocycles. The van der Waals surface area contributed by atoms with Gasteiger partial charge in [-0.1, -0.05) is 6.07 Å². The van der Waals surface area contributed by atoms with Gasteiger partial charge in [0.2, 0.25) is 0 Å². The molecular weight excluding hydrogens is 282 g/mol. The van der Waals surface area contributed by atoms with Crippen molar-refractivity contribution in [2.24, 2.45) is 0 Å². The SMILES string of the molecule is Cc1cnc(-n2c(=O)cc(C(C)(F)F)n(N)c2=O)c(C)c1. The van der Waals surface area contributed by atoms with Crippen molar-refractivity contribution in [1.82, 2.24) is 14.2 Å². The Labute approximate surface area is 118 Å². The molecule has 2 aromatic heterocycles. The van der Waals surface area contributed by atoms with Crippen molar-refractivity contribution >= 4 is 0 Å². The van der Waals surface area contributed by atoms with Crippen LogP contribution in [-0.4, -0.2) is 14.2 Å². The number of alkyl halides is 2. The number of nitrogens with two attached hydrogens (primary N) is 1. The molecule has 0 radical (unpaired) electrons. The molecule has 21 heavy (non-hydrogen) atoms. The van der Waals surface area contributed by atoms with Crippen LogP contribution in [0, 0.1) is 13.8 Å². The fraction of sp³-hybridized carbons (Fsp3) is 0.308. The molecule has 0 saturated heterocycles. The summed E-state index contributed by atoms with van der Waals surface area (Å²) in [7, 11) is 0. The van der Waals surface area contributed by atoms with Crippen LogP contribution in [0.2, 0.25) is 0 Å². The van der Waals surface area contributed by atoms with Gasteiger partial charge in [0, 0.05) is 19.2 Å².